The number of anilines is 1. The van der Waals surface area contributed by atoms with E-state index in [1.807, 2.05) is 34.9 Å². The molecule has 0 saturated carbocycles. The average Bonchev–Trinajstić information content (AvgIpc) is 3.05. The monoisotopic (exact) mass is 389 g/mol. The Hall–Kier alpha value is -1.69. The minimum atomic E-state index is -0.106. The third-order valence-electron chi connectivity index (χ3n) is 5.48. The first-order valence-corrected chi connectivity index (χ1v) is 11.0. The van der Waals surface area contributed by atoms with Crippen molar-refractivity contribution in [2.45, 2.75) is 51.3 Å². The van der Waals surface area contributed by atoms with E-state index in [1.54, 1.807) is 0 Å². The van der Waals surface area contributed by atoms with E-state index in [4.69, 9.17) is 0 Å². The Morgan fingerprint density at radius 2 is 1.96 bits per heavy atom. The van der Waals surface area contributed by atoms with Crippen LogP contribution in [0, 0.1) is 5.92 Å². The van der Waals surface area contributed by atoms with Crippen molar-refractivity contribution in [1.29, 1.82) is 0 Å². The van der Waals surface area contributed by atoms with Gasteiger partial charge in [0.25, 0.3) is 0 Å². The van der Waals surface area contributed by atoms with Crippen molar-refractivity contribution in [1.82, 2.24) is 9.80 Å². The second-order valence-electron chi connectivity index (χ2n) is 7.91. The molecule has 148 valence electrons. The fourth-order valence-corrected chi connectivity index (χ4v) is 5.44. The van der Waals surface area contributed by atoms with Gasteiger partial charge in [-0.1, -0.05) is 32.9 Å². The quantitative estimate of drug-likeness (QED) is 0.840. The van der Waals surface area contributed by atoms with E-state index in [1.165, 1.54) is 5.56 Å². The normalized spacial score (nSPS) is 19.0. The van der Waals surface area contributed by atoms with E-state index in [9.17, 15) is 9.59 Å². The van der Waals surface area contributed by atoms with E-state index in [0.29, 0.717) is 25.4 Å². The highest BCUT2D eigenvalue weighted by molar-refractivity contribution is 8.00. The van der Waals surface area contributed by atoms with Gasteiger partial charge in [0.1, 0.15) is 0 Å². The van der Waals surface area contributed by atoms with Crippen LogP contribution >= 0.6 is 11.8 Å². The van der Waals surface area contributed by atoms with Crippen molar-refractivity contribution in [3.05, 3.63) is 29.8 Å². The minimum absolute atomic E-state index is 0.0406. The summed E-state index contributed by atoms with van der Waals surface area (Å²) in [7, 11) is 0. The summed E-state index contributed by atoms with van der Waals surface area (Å²) in [5.74, 6) is 1.65. The Kier molecular flexibility index (Phi) is 6.35. The predicted octanol–water partition coefficient (Wildman–Crippen LogP) is 4.19. The SMILES string of the molecule is CCc1cccc(NC(=O)N2CCC3(CC2)SCCN3C(=O)CC(C)C)c1. The predicted molar refractivity (Wildman–Crippen MR) is 112 cm³/mol. The van der Waals surface area contributed by atoms with Gasteiger partial charge in [-0.3, -0.25) is 4.79 Å². The van der Waals surface area contributed by atoms with Gasteiger partial charge in [0.2, 0.25) is 5.91 Å². The smallest absolute Gasteiger partial charge is 0.321 e. The maximum atomic E-state index is 12.7. The molecule has 1 spiro atoms. The summed E-state index contributed by atoms with van der Waals surface area (Å²) in [4.78, 5) is 29.2. The number of carbonyl (C=O) groups excluding carboxylic acids is 2. The van der Waals surface area contributed by atoms with Gasteiger partial charge in [-0.05, 0) is 42.9 Å². The molecule has 27 heavy (non-hydrogen) atoms. The zero-order chi connectivity index (χ0) is 19.4. The molecule has 0 bridgehead atoms. The van der Waals surface area contributed by atoms with Gasteiger partial charge in [-0.15, -0.1) is 11.8 Å². The molecule has 0 aliphatic carbocycles. The molecule has 0 unspecified atom stereocenters. The van der Waals surface area contributed by atoms with Gasteiger partial charge in [0.15, 0.2) is 0 Å². The van der Waals surface area contributed by atoms with Gasteiger partial charge in [0.05, 0.1) is 4.87 Å². The van der Waals surface area contributed by atoms with E-state index >= 15 is 0 Å². The lowest BCUT2D eigenvalue weighted by Gasteiger charge is -2.44. The van der Waals surface area contributed by atoms with E-state index in [-0.39, 0.29) is 16.8 Å². The van der Waals surface area contributed by atoms with Crippen molar-refractivity contribution in [3.63, 3.8) is 0 Å². The van der Waals surface area contributed by atoms with Crippen LogP contribution in [0.25, 0.3) is 0 Å². The van der Waals surface area contributed by atoms with Crippen LogP contribution in [0.1, 0.15) is 45.6 Å². The van der Waals surface area contributed by atoms with Gasteiger partial charge < -0.3 is 15.1 Å². The lowest BCUT2D eigenvalue weighted by molar-refractivity contribution is -0.135. The molecule has 1 N–H and O–H groups in total. The van der Waals surface area contributed by atoms with Crippen LogP contribution in [0.15, 0.2) is 24.3 Å². The zero-order valence-corrected chi connectivity index (χ0v) is 17.5. The molecule has 5 nitrogen and oxygen atoms in total. The van der Waals surface area contributed by atoms with Crippen molar-refractivity contribution >= 4 is 29.4 Å². The molecule has 0 radical (unpaired) electrons. The number of rotatable bonds is 4. The highest BCUT2D eigenvalue weighted by Crippen LogP contribution is 2.44. The van der Waals surface area contributed by atoms with Crippen molar-refractivity contribution < 1.29 is 9.59 Å². The summed E-state index contributed by atoms with van der Waals surface area (Å²) >= 11 is 1.90. The average molecular weight is 390 g/mol. The highest BCUT2D eigenvalue weighted by Gasteiger charge is 2.46. The van der Waals surface area contributed by atoms with Crippen molar-refractivity contribution in [2.24, 2.45) is 5.92 Å². The lowest BCUT2D eigenvalue weighted by atomic mass is 10.0. The Bertz CT molecular complexity index is 684. The third-order valence-corrected chi connectivity index (χ3v) is 7.03. The van der Waals surface area contributed by atoms with Crippen LogP contribution in [0.5, 0.6) is 0 Å². The molecule has 2 aliphatic rings. The maximum absolute atomic E-state index is 12.7. The lowest BCUT2D eigenvalue weighted by Crippen LogP contribution is -2.54. The number of urea groups is 1. The third kappa shape index (κ3) is 4.60. The maximum Gasteiger partial charge on any atom is 0.321 e. The molecule has 0 atom stereocenters. The highest BCUT2D eigenvalue weighted by atomic mass is 32.2. The molecular weight excluding hydrogens is 358 g/mol. The first-order valence-electron chi connectivity index (χ1n) is 10.0. The summed E-state index contributed by atoms with van der Waals surface area (Å²) in [6, 6.07) is 7.97. The fraction of sp³-hybridized carbons (Fsp3) is 0.619. The number of aryl methyl sites for hydroxylation is 1. The van der Waals surface area contributed by atoms with Gasteiger partial charge in [0, 0.05) is 37.5 Å². The number of piperidine rings is 1. The summed E-state index contributed by atoms with van der Waals surface area (Å²) in [6.07, 6.45) is 3.27. The number of hydrogen-bond donors (Lipinski definition) is 1. The molecular formula is C21H31N3O2S. The molecule has 3 amide bonds. The van der Waals surface area contributed by atoms with Crippen LogP contribution < -0.4 is 5.32 Å². The number of benzene rings is 1. The van der Waals surface area contributed by atoms with Crippen LogP contribution in [0.4, 0.5) is 10.5 Å². The number of nitrogens with one attached hydrogen (secondary N) is 1. The molecule has 2 heterocycles. The Balaban J connectivity index is 1.59. The molecule has 0 aromatic heterocycles. The van der Waals surface area contributed by atoms with Crippen molar-refractivity contribution in [3.8, 4) is 0 Å². The Labute approximate surface area is 166 Å². The molecule has 1 aromatic carbocycles. The van der Waals surface area contributed by atoms with E-state index in [0.717, 1.165) is 37.2 Å². The van der Waals surface area contributed by atoms with Crippen LogP contribution in [0.3, 0.4) is 0 Å². The molecule has 2 aliphatic heterocycles. The van der Waals surface area contributed by atoms with Crippen LogP contribution in [-0.4, -0.2) is 52.0 Å². The molecule has 2 saturated heterocycles. The first kappa shape index (κ1) is 20.1. The van der Waals surface area contributed by atoms with Crippen LogP contribution in [0.2, 0.25) is 0 Å². The van der Waals surface area contributed by atoms with Gasteiger partial charge >= 0.3 is 6.03 Å². The summed E-state index contributed by atoms with van der Waals surface area (Å²) in [6.45, 7) is 8.51. The zero-order valence-electron chi connectivity index (χ0n) is 16.7. The van der Waals surface area contributed by atoms with Gasteiger partial charge in [-0.25, -0.2) is 4.79 Å². The van der Waals surface area contributed by atoms with E-state index < -0.39 is 0 Å². The number of likely N-dealkylation sites (tertiary alicyclic amines) is 1. The topological polar surface area (TPSA) is 52.7 Å². The summed E-state index contributed by atoms with van der Waals surface area (Å²) in [5, 5.41) is 3.03. The van der Waals surface area contributed by atoms with Crippen LogP contribution in [-0.2, 0) is 11.2 Å². The van der Waals surface area contributed by atoms with E-state index in [2.05, 4.69) is 37.1 Å². The summed E-state index contributed by atoms with van der Waals surface area (Å²) < 4.78 is 0. The number of nitrogens with zero attached hydrogens (tertiary/aromatic N) is 2. The standard InChI is InChI=1S/C21H31N3O2S/c1-4-17-6-5-7-18(15-17)22-20(26)23-10-8-21(9-11-23)24(12-13-27-21)19(25)14-16(2)3/h5-7,15-16H,4,8-14H2,1-3H3,(H,22,26). The molecule has 2 fully saturated rings. The Morgan fingerprint density at radius 3 is 2.63 bits per heavy atom. The molecule has 1 aromatic rings. The first-order chi connectivity index (χ1) is 12.9. The summed E-state index contributed by atoms with van der Waals surface area (Å²) in [5.41, 5.74) is 2.07. The second-order valence-corrected chi connectivity index (χ2v) is 9.37. The number of hydrogen-bond acceptors (Lipinski definition) is 3. The number of thioether (sulfide) groups is 1. The largest absolute Gasteiger partial charge is 0.327 e. The number of carbonyl (C=O) groups is 2. The molecule has 3 rings (SSSR count). The van der Waals surface area contributed by atoms with Crippen molar-refractivity contribution in [2.75, 3.05) is 30.7 Å². The number of amides is 3. The minimum Gasteiger partial charge on any atom is -0.327 e. The second kappa shape index (κ2) is 8.55. The van der Waals surface area contributed by atoms with Gasteiger partial charge in [-0.2, -0.15) is 0 Å². The Morgan fingerprint density at radius 1 is 1.22 bits per heavy atom. The fourth-order valence-electron chi connectivity index (χ4n) is 3.96. The molecule has 6 heteroatoms.